The number of amides is 1. The van der Waals surface area contributed by atoms with E-state index in [1.54, 1.807) is 14.0 Å². The Morgan fingerprint density at radius 2 is 1.95 bits per heavy atom. The molecular weight excluding hydrogens is 242 g/mol. The lowest BCUT2D eigenvalue weighted by atomic mass is 10.0. The zero-order chi connectivity index (χ0) is 14.6. The lowest BCUT2D eigenvalue weighted by molar-refractivity contribution is -0.150. The third-order valence-electron chi connectivity index (χ3n) is 3.29. The van der Waals surface area contributed by atoms with Gasteiger partial charge >= 0.3 is 5.97 Å². The first-order valence-electron chi connectivity index (χ1n) is 6.40. The van der Waals surface area contributed by atoms with E-state index in [2.05, 4.69) is 0 Å². The smallest absolute Gasteiger partial charge is 0.316 e. The molecular formula is C15H21NO3. The van der Waals surface area contributed by atoms with E-state index in [-0.39, 0.29) is 5.91 Å². The average molecular weight is 263 g/mol. The highest BCUT2D eigenvalue weighted by Crippen LogP contribution is 2.15. The number of rotatable bonds is 5. The minimum atomic E-state index is -1.06. The van der Waals surface area contributed by atoms with Gasteiger partial charge in [-0.15, -0.1) is 0 Å². The normalized spacial score (nSPS) is 12.0. The molecule has 19 heavy (non-hydrogen) atoms. The first-order valence-corrected chi connectivity index (χ1v) is 6.40. The van der Waals surface area contributed by atoms with Crippen LogP contribution >= 0.6 is 0 Å². The fourth-order valence-corrected chi connectivity index (χ4v) is 2.02. The number of carboxylic acid groups (broad SMARTS) is 1. The Hall–Kier alpha value is -1.84. The van der Waals surface area contributed by atoms with Crippen LogP contribution in [0.5, 0.6) is 0 Å². The highest BCUT2D eigenvalue weighted by Gasteiger charge is 2.27. The number of carbonyl (C=O) groups excluding carboxylic acids is 1. The first-order chi connectivity index (χ1) is 8.86. The average Bonchev–Trinajstić information content (AvgIpc) is 2.34. The molecule has 1 atom stereocenters. The van der Waals surface area contributed by atoms with Crippen molar-refractivity contribution in [2.45, 2.75) is 33.7 Å². The highest BCUT2D eigenvalue weighted by molar-refractivity contribution is 5.96. The Morgan fingerprint density at radius 1 is 1.32 bits per heavy atom. The Balaban J connectivity index is 2.84. The zero-order valence-corrected chi connectivity index (χ0v) is 11.9. The largest absolute Gasteiger partial charge is 0.481 e. The summed E-state index contributed by atoms with van der Waals surface area (Å²) >= 11 is 0. The lowest BCUT2D eigenvalue weighted by Crippen LogP contribution is -2.36. The van der Waals surface area contributed by atoms with Crippen LogP contribution in [0.15, 0.2) is 18.2 Å². The summed E-state index contributed by atoms with van der Waals surface area (Å²) in [6.45, 7) is 6.14. The van der Waals surface area contributed by atoms with Crippen LogP contribution in [0.3, 0.4) is 0 Å². The van der Waals surface area contributed by atoms with Crippen LogP contribution in [0, 0.1) is 19.8 Å². The number of benzene rings is 1. The van der Waals surface area contributed by atoms with Crippen LogP contribution in [-0.4, -0.2) is 28.9 Å². The summed E-state index contributed by atoms with van der Waals surface area (Å²) in [6, 6.07) is 6.06. The number of carboxylic acids is 1. The summed E-state index contributed by atoms with van der Waals surface area (Å²) in [5.41, 5.74) is 3.29. The molecule has 4 nitrogen and oxygen atoms in total. The van der Waals surface area contributed by atoms with Gasteiger partial charge in [0.2, 0.25) is 5.91 Å². The number of carbonyl (C=O) groups is 2. The minimum Gasteiger partial charge on any atom is -0.481 e. The quantitative estimate of drug-likeness (QED) is 0.830. The molecule has 1 aromatic carbocycles. The van der Waals surface area contributed by atoms with Gasteiger partial charge in [0.25, 0.3) is 0 Å². The van der Waals surface area contributed by atoms with Crippen molar-refractivity contribution in [1.82, 2.24) is 4.90 Å². The predicted molar refractivity (Wildman–Crippen MR) is 73.8 cm³/mol. The monoisotopic (exact) mass is 263 g/mol. The number of aryl methyl sites for hydroxylation is 2. The Morgan fingerprint density at radius 3 is 2.47 bits per heavy atom. The second-order valence-electron chi connectivity index (χ2n) is 4.92. The van der Waals surface area contributed by atoms with Crippen LogP contribution in [0.4, 0.5) is 0 Å². The van der Waals surface area contributed by atoms with Crippen LogP contribution < -0.4 is 0 Å². The molecule has 0 fully saturated rings. The van der Waals surface area contributed by atoms with E-state index in [1.807, 2.05) is 32.0 Å². The van der Waals surface area contributed by atoms with Crippen LogP contribution in [0.25, 0.3) is 0 Å². The molecule has 1 aromatic rings. The summed E-state index contributed by atoms with van der Waals surface area (Å²) in [5.74, 6) is -2.34. The summed E-state index contributed by atoms with van der Waals surface area (Å²) in [4.78, 5) is 24.6. The fraction of sp³-hybridized carbons (Fsp3) is 0.467. The molecule has 0 saturated heterocycles. The van der Waals surface area contributed by atoms with Crippen molar-refractivity contribution in [3.05, 3.63) is 34.9 Å². The third kappa shape index (κ3) is 3.81. The van der Waals surface area contributed by atoms with Crippen molar-refractivity contribution >= 4 is 11.9 Å². The standard InChI is InChI=1S/C15H21NO3/c1-5-13(15(18)19)14(17)16(4)9-12-8-10(2)6-7-11(12)3/h6-8,13H,5,9H2,1-4H3,(H,18,19). The molecule has 0 aliphatic carbocycles. The molecule has 1 amide bonds. The molecule has 0 aromatic heterocycles. The van der Waals surface area contributed by atoms with Crippen LogP contribution in [-0.2, 0) is 16.1 Å². The van der Waals surface area contributed by atoms with E-state index >= 15 is 0 Å². The third-order valence-corrected chi connectivity index (χ3v) is 3.29. The van der Waals surface area contributed by atoms with Gasteiger partial charge in [0.1, 0.15) is 5.92 Å². The first kappa shape index (κ1) is 15.2. The van der Waals surface area contributed by atoms with E-state index in [1.165, 1.54) is 4.90 Å². The van der Waals surface area contributed by atoms with Crippen molar-refractivity contribution in [3.63, 3.8) is 0 Å². The molecule has 0 saturated carbocycles. The van der Waals surface area contributed by atoms with Gasteiger partial charge in [-0.2, -0.15) is 0 Å². The van der Waals surface area contributed by atoms with E-state index in [0.717, 1.165) is 16.7 Å². The summed E-state index contributed by atoms with van der Waals surface area (Å²) in [6.07, 6.45) is 0.311. The van der Waals surface area contributed by atoms with Crippen LogP contribution in [0.2, 0.25) is 0 Å². The molecule has 1 rings (SSSR count). The molecule has 1 unspecified atom stereocenters. The Bertz CT molecular complexity index is 482. The van der Waals surface area contributed by atoms with E-state index < -0.39 is 11.9 Å². The van der Waals surface area contributed by atoms with Gasteiger partial charge in [0, 0.05) is 13.6 Å². The Kier molecular flexibility index (Phi) is 5.10. The van der Waals surface area contributed by atoms with Crippen LogP contribution in [0.1, 0.15) is 30.0 Å². The zero-order valence-electron chi connectivity index (χ0n) is 11.9. The Labute approximate surface area is 114 Å². The number of nitrogens with zero attached hydrogens (tertiary/aromatic N) is 1. The number of hydrogen-bond acceptors (Lipinski definition) is 2. The van der Waals surface area contributed by atoms with Gasteiger partial charge in [-0.25, -0.2) is 0 Å². The van der Waals surface area contributed by atoms with Gasteiger partial charge in [-0.1, -0.05) is 30.7 Å². The fourth-order valence-electron chi connectivity index (χ4n) is 2.02. The number of aliphatic carboxylic acids is 1. The molecule has 0 aliphatic rings. The molecule has 0 bridgehead atoms. The molecule has 0 radical (unpaired) electrons. The van der Waals surface area contributed by atoms with Gasteiger partial charge in [-0.05, 0) is 31.4 Å². The van der Waals surface area contributed by atoms with Crippen molar-refractivity contribution in [1.29, 1.82) is 0 Å². The maximum absolute atomic E-state index is 12.1. The maximum Gasteiger partial charge on any atom is 0.316 e. The summed E-state index contributed by atoms with van der Waals surface area (Å²) < 4.78 is 0. The topological polar surface area (TPSA) is 57.6 Å². The van der Waals surface area contributed by atoms with Crippen molar-refractivity contribution in [2.75, 3.05) is 7.05 Å². The van der Waals surface area contributed by atoms with Gasteiger partial charge in [-0.3, -0.25) is 9.59 Å². The maximum atomic E-state index is 12.1. The minimum absolute atomic E-state index is 0.311. The van der Waals surface area contributed by atoms with E-state index in [9.17, 15) is 9.59 Å². The molecule has 4 heteroatoms. The molecule has 0 spiro atoms. The lowest BCUT2D eigenvalue weighted by Gasteiger charge is -2.22. The van der Waals surface area contributed by atoms with E-state index in [4.69, 9.17) is 5.11 Å². The van der Waals surface area contributed by atoms with Gasteiger partial charge in [0.05, 0.1) is 0 Å². The second kappa shape index (κ2) is 6.36. The van der Waals surface area contributed by atoms with Crippen molar-refractivity contribution < 1.29 is 14.7 Å². The summed E-state index contributed by atoms with van der Waals surface area (Å²) in [7, 11) is 1.65. The second-order valence-corrected chi connectivity index (χ2v) is 4.92. The number of hydrogen-bond donors (Lipinski definition) is 1. The van der Waals surface area contributed by atoms with E-state index in [0.29, 0.717) is 13.0 Å². The highest BCUT2D eigenvalue weighted by atomic mass is 16.4. The molecule has 104 valence electrons. The molecule has 1 N–H and O–H groups in total. The van der Waals surface area contributed by atoms with Crippen molar-refractivity contribution in [2.24, 2.45) is 5.92 Å². The SMILES string of the molecule is CCC(C(=O)O)C(=O)N(C)Cc1cc(C)ccc1C. The van der Waals surface area contributed by atoms with Gasteiger partial charge in [0.15, 0.2) is 0 Å². The summed E-state index contributed by atoms with van der Waals surface area (Å²) in [5, 5.41) is 9.01. The molecule has 0 aliphatic heterocycles. The van der Waals surface area contributed by atoms with Crippen molar-refractivity contribution in [3.8, 4) is 0 Å². The predicted octanol–water partition coefficient (Wildman–Crippen LogP) is 2.37. The van der Waals surface area contributed by atoms with Gasteiger partial charge < -0.3 is 10.0 Å². The molecule has 0 heterocycles.